The number of piperidine rings is 1. The summed E-state index contributed by atoms with van der Waals surface area (Å²) in [5.41, 5.74) is -0.0870. The number of hydrogen-bond acceptors (Lipinski definition) is 3. The zero-order valence-corrected chi connectivity index (χ0v) is 14.6. The summed E-state index contributed by atoms with van der Waals surface area (Å²) in [5.74, 6) is -0.657. The largest absolute Gasteiger partial charge is 0.444 e. The summed E-state index contributed by atoms with van der Waals surface area (Å²) in [7, 11) is 0. The average molecular weight is 374 g/mol. The Morgan fingerprint density at radius 3 is 2.68 bits per heavy atom. The highest BCUT2D eigenvalue weighted by Gasteiger charge is 2.34. The van der Waals surface area contributed by atoms with Gasteiger partial charge in [-0.15, -0.1) is 0 Å². The molecule has 6 heteroatoms. The van der Waals surface area contributed by atoms with Gasteiger partial charge in [0.25, 0.3) is 0 Å². The summed E-state index contributed by atoms with van der Waals surface area (Å²) in [5, 5.41) is 10.3. The lowest BCUT2D eigenvalue weighted by molar-refractivity contribution is -0.00180. The van der Waals surface area contributed by atoms with Crippen molar-refractivity contribution in [1.82, 2.24) is 4.90 Å². The Morgan fingerprint density at radius 2 is 2.14 bits per heavy atom. The highest BCUT2D eigenvalue weighted by molar-refractivity contribution is 9.10. The lowest BCUT2D eigenvalue weighted by Crippen LogP contribution is -2.47. The second kappa shape index (κ2) is 6.54. The quantitative estimate of drug-likeness (QED) is 0.816. The van der Waals surface area contributed by atoms with Crippen LogP contribution in [0, 0.1) is 5.82 Å². The number of ether oxygens (including phenoxy) is 1. The van der Waals surface area contributed by atoms with Crippen molar-refractivity contribution in [3.05, 3.63) is 34.1 Å². The van der Waals surface area contributed by atoms with E-state index in [1.54, 1.807) is 32.9 Å². The Kier molecular flexibility index (Phi) is 5.12. The van der Waals surface area contributed by atoms with Crippen LogP contribution in [0.5, 0.6) is 0 Å². The number of amides is 1. The van der Waals surface area contributed by atoms with Gasteiger partial charge in [-0.1, -0.05) is 22.0 Å². The number of nitrogens with zero attached hydrogens (tertiary/aromatic N) is 1. The summed E-state index contributed by atoms with van der Waals surface area (Å²) in [6.45, 7) is 5.98. The van der Waals surface area contributed by atoms with Gasteiger partial charge in [-0.05, 0) is 44.9 Å². The van der Waals surface area contributed by atoms with Gasteiger partial charge in [-0.3, -0.25) is 0 Å². The molecule has 0 spiro atoms. The van der Waals surface area contributed by atoms with E-state index in [9.17, 15) is 14.3 Å². The predicted molar refractivity (Wildman–Crippen MR) is 85.3 cm³/mol. The summed E-state index contributed by atoms with van der Waals surface area (Å²) in [4.78, 5) is 13.5. The zero-order valence-electron chi connectivity index (χ0n) is 13.0. The molecule has 1 N–H and O–H groups in total. The van der Waals surface area contributed by atoms with Gasteiger partial charge in [0.2, 0.25) is 0 Å². The number of rotatable bonds is 1. The number of likely N-dealkylation sites (tertiary alicyclic amines) is 1. The van der Waals surface area contributed by atoms with Crippen LogP contribution < -0.4 is 0 Å². The third-order valence-corrected chi connectivity index (χ3v) is 4.09. The molecule has 2 rings (SSSR count). The van der Waals surface area contributed by atoms with Crippen LogP contribution in [-0.4, -0.2) is 40.9 Å². The van der Waals surface area contributed by atoms with Gasteiger partial charge in [-0.2, -0.15) is 0 Å². The molecule has 1 aliphatic rings. The number of aliphatic hydroxyl groups excluding tert-OH is 1. The molecule has 1 aliphatic heterocycles. The highest BCUT2D eigenvalue weighted by atomic mass is 79.9. The second-order valence-electron chi connectivity index (χ2n) is 6.55. The Bertz CT molecular complexity index is 559. The minimum atomic E-state index is -0.808. The van der Waals surface area contributed by atoms with Crippen molar-refractivity contribution < 1.29 is 19.0 Å². The number of β-amino-alcohol motifs (C(OH)–C–C–N with tert-alkyl or cyclic N) is 1. The summed E-state index contributed by atoms with van der Waals surface area (Å²) < 4.78 is 20.0. The van der Waals surface area contributed by atoms with Gasteiger partial charge in [-0.25, -0.2) is 9.18 Å². The molecule has 1 saturated heterocycles. The Labute approximate surface area is 138 Å². The number of carbonyl (C=O) groups is 1. The summed E-state index contributed by atoms with van der Waals surface area (Å²) >= 11 is 3.22. The van der Waals surface area contributed by atoms with Gasteiger partial charge in [0.1, 0.15) is 11.4 Å². The van der Waals surface area contributed by atoms with Gasteiger partial charge in [0.05, 0.1) is 12.6 Å². The first-order valence-electron chi connectivity index (χ1n) is 7.28. The van der Waals surface area contributed by atoms with Crippen LogP contribution in [-0.2, 0) is 4.74 Å². The molecule has 0 saturated carbocycles. The molecule has 0 bridgehead atoms. The van der Waals surface area contributed by atoms with Crippen LogP contribution in [0.25, 0.3) is 0 Å². The number of halogens is 2. The number of aliphatic hydroxyl groups is 1. The van der Waals surface area contributed by atoms with E-state index in [2.05, 4.69) is 15.9 Å². The zero-order chi connectivity index (χ0) is 16.5. The predicted octanol–water partition coefficient (Wildman–Crippen LogP) is 3.67. The molecule has 1 aromatic rings. The van der Waals surface area contributed by atoms with Crippen LogP contribution in [0.15, 0.2) is 22.7 Å². The molecule has 122 valence electrons. The van der Waals surface area contributed by atoms with Gasteiger partial charge in [0, 0.05) is 16.9 Å². The van der Waals surface area contributed by atoms with Gasteiger partial charge in [0.15, 0.2) is 0 Å². The number of hydrogen-bond donors (Lipinski definition) is 1. The lowest BCUT2D eigenvalue weighted by Gasteiger charge is -2.37. The molecule has 1 heterocycles. The third kappa shape index (κ3) is 4.20. The fourth-order valence-corrected chi connectivity index (χ4v) is 2.92. The van der Waals surface area contributed by atoms with Crippen molar-refractivity contribution in [1.29, 1.82) is 0 Å². The van der Waals surface area contributed by atoms with Crippen LogP contribution in [0.3, 0.4) is 0 Å². The van der Waals surface area contributed by atoms with E-state index in [4.69, 9.17) is 4.74 Å². The van der Waals surface area contributed by atoms with Crippen LogP contribution >= 0.6 is 15.9 Å². The smallest absolute Gasteiger partial charge is 0.410 e. The first-order valence-corrected chi connectivity index (χ1v) is 8.07. The Morgan fingerprint density at radius 1 is 1.45 bits per heavy atom. The second-order valence-corrected chi connectivity index (χ2v) is 7.47. The van der Waals surface area contributed by atoms with Crippen molar-refractivity contribution in [2.75, 3.05) is 13.1 Å². The first kappa shape index (κ1) is 17.2. The molecule has 1 amide bonds. The van der Waals surface area contributed by atoms with Crippen molar-refractivity contribution in [2.45, 2.75) is 44.8 Å². The molecule has 4 nitrogen and oxygen atoms in total. The van der Waals surface area contributed by atoms with E-state index in [-0.39, 0.29) is 18.3 Å². The van der Waals surface area contributed by atoms with Crippen molar-refractivity contribution in [3.63, 3.8) is 0 Å². The Balaban J connectivity index is 2.05. The molecular weight excluding hydrogens is 353 g/mol. The Hall–Kier alpha value is -1.14. The summed E-state index contributed by atoms with van der Waals surface area (Å²) in [6, 6.07) is 4.82. The van der Waals surface area contributed by atoms with Crippen LogP contribution in [0.2, 0.25) is 0 Å². The minimum Gasteiger partial charge on any atom is -0.444 e. The molecule has 1 fully saturated rings. The highest BCUT2D eigenvalue weighted by Crippen LogP contribution is 2.32. The average Bonchev–Trinajstić information content (AvgIpc) is 2.37. The van der Waals surface area contributed by atoms with Crippen molar-refractivity contribution in [3.8, 4) is 0 Å². The van der Waals surface area contributed by atoms with Gasteiger partial charge >= 0.3 is 6.09 Å². The van der Waals surface area contributed by atoms with E-state index in [1.165, 1.54) is 11.0 Å². The SMILES string of the molecule is CC(C)(C)OC(=O)N1CC[C@@H](c2ccc(Br)cc2F)[C@H](O)C1. The number of carbonyl (C=O) groups excluding carboxylic acids is 1. The topological polar surface area (TPSA) is 49.8 Å². The molecule has 22 heavy (non-hydrogen) atoms. The van der Waals surface area contributed by atoms with Crippen molar-refractivity contribution in [2.24, 2.45) is 0 Å². The normalized spacial score (nSPS) is 22.5. The minimum absolute atomic E-state index is 0.148. The van der Waals surface area contributed by atoms with Gasteiger partial charge < -0.3 is 14.7 Å². The van der Waals surface area contributed by atoms with E-state index < -0.39 is 17.8 Å². The first-order chi connectivity index (χ1) is 10.2. The molecule has 2 atom stereocenters. The number of benzene rings is 1. The maximum Gasteiger partial charge on any atom is 0.410 e. The molecule has 0 aromatic heterocycles. The molecular formula is C16H21BrFNO3. The standard InChI is InChI=1S/C16H21BrFNO3/c1-16(2,3)22-15(21)19-7-6-12(14(20)9-19)11-5-4-10(17)8-13(11)18/h4-5,8,12,14,20H,6-7,9H2,1-3H3/t12-,14+/m0/s1. The van der Waals surface area contributed by atoms with Crippen LogP contribution in [0.4, 0.5) is 9.18 Å². The lowest BCUT2D eigenvalue weighted by atomic mass is 9.87. The van der Waals surface area contributed by atoms with Crippen LogP contribution in [0.1, 0.15) is 38.7 Å². The third-order valence-electron chi connectivity index (χ3n) is 3.60. The van der Waals surface area contributed by atoms with E-state index in [0.717, 1.165) is 0 Å². The molecule has 0 unspecified atom stereocenters. The monoisotopic (exact) mass is 373 g/mol. The molecule has 0 aliphatic carbocycles. The summed E-state index contributed by atoms with van der Waals surface area (Å²) in [6.07, 6.45) is -0.753. The molecule has 1 aromatic carbocycles. The maximum absolute atomic E-state index is 14.0. The van der Waals surface area contributed by atoms with E-state index >= 15 is 0 Å². The van der Waals surface area contributed by atoms with Crippen molar-refractivity contribution >= 4 is 22.0 Å². The van der Waals surface area contributed by atoms with E-state index in [1.807, 2.05) is 0 Å². The fourth-order valence-electron chi connectivity index (χ4n) is 2.59. The maximum atomic E-state index is 14.0. The fraction of sp³-hybridized carbons (Fsp3) is 0.562. The molecule has 0 radical (unpaired) electrons. The van der Waals surface area contributed by atoms with E-state index in [0.29, 0.717) is 23.0 Å².